The minimum absolute atomic E-state index is 0.154. The Morgan fingerprint density at radius 2 is 1.72 bits per heavy atom. The van der Waals surface area contributed by atoms with E-state index >= 15 is 0 Å². The Hall–Kier alpha value is -2.98. The van der Waals surface area contributed by atoms with Crippen LogP contribution in [0.4, 0.5) is 0 Å². The Balaban J connectivity index is 1.93. The van der Waals surface area contributed by atoms with E-state index in [-0.39, 0.29) is 11.3 Å². The lowest BCUT2D eigenvalue weighted by molar-refractivity contribution is 0.0694. The number of rotatable bonds is 5. The molecule has 4 nitrogen and oxygen atoms in total. The summed E-state index contributed by atoms with van der Waals surface area (Å²) in [6.45, 7) is 0.292. The van der Waals surface area contributed by atoms with Crippen molar-refractivity contribution in [3.05, 3.63) is 82.9 Å². The molecule has 5 heteroatoms. The Morgan fingerprint density at radius 1 is 1.00 bits per heavy atom. The summed E-state index contributed by atoms with van der Waals surface area (Å²) in [6, 6.07) is 19.2. The lowest BCUT2D eigenvalue weighted by Gasteiger charge is -2.13. The molecule has 0 saturated heterocycles. The molecule has 0 bridgehead atoms. The summed E-state index contributed by atoms with van der Waals surface area (Å²) >= 11 is 6.15. The standard InChI is InChI=1S/C20H15ClO4/c21-17-7-3-1-5-14(17)12-25-19-8-4-2-6-15(19)13-9-10-18(22)16(11-13)20(23)24/h1-11,22H,12H2,(H,23,24). The molecule has 0 radical (unpaired) electrons. The first-order valence-corrected chi connectivity index (χ1v) is 7.96. The molecule has 0 spiro atoms. The fourth-order valence-electron chi connectivity index (χ4n) is 2.48. The fourth-order valence-corrected chi connectivity index (χ4v) is 2.67. The molecule has 0 atom stereocenters. The summed E-state index contributed by atoms with van der Waals surface area (Å²) in [7, 11) is 0. The number of halogens is 1. The predicted octanol–water partition coefficient (Wildman–Crippen LogP) is 4.99. The average molecular weight is 355 g/mol. The minimum atomic E-state index is -1.19. The lowest BCUT2D eigenvalue weighted by atomic mass is 10.0. The van der Waals surface area contributed by atoms with Gasteiger partial charge in [0, 0.05) is 16.1 Å². The van der Waals surface area contributed by atoms with Crippen LogP contribution in [0.2, 0.25) is 5.02 Å². The van der Waals surface area contributed by atoms with Gasteiger partial charge in [0.25, 0.3) is 0 Å². The van der Waals surface area contributed by atoms with E-state index in [2.05, 4.69) is 0 Å². The molecule has 0 fully saturated rings. The lowest BCUT2D eigenvalue weighted by Crippen LogP contribution is -1.99. The second-order valence-electron chi connectivity index (χ2n) is 5.41. The smallest absolute Gasteiger partial charge is 0.339 e. The van der Waals surface area contributed by atoms with Gasteiger partial charge < -0.3 is 14.9 Å². The van der Waals surface area contributed by atoms with Gasteiger partial charge in [0.15, 0.2) is 0 Å². The Labute approximate surface area is 149 Å². The van der Waals surface area contributed by atoms with E-state index in [1.54, 1.807) is 18.2 Å². The number of benzene rings is 3. The maximum Gasteiger partial charge on any atom is 0.339 e. The van der Waals surface area contributed by atoms with Crippen LogP contribution in [-0.4, -0.2) is 16.2 Å². The molecular weight excluding hydrogens is 340 g/mol. The molecule has 0 amide bonds. The van der Waals surface area contributed by atoms with Crippen molar-refractivity contribution in [1.82, 2.24) is 0 Å². The largest absolute Gasteiger partial charge is 0.507 e. The summed E-state index contributed by atoms with van der Waals surface area (Å²) in [5.41, 5.74) is 2.08. The molecule has 0 saturated carbocycles. The Bertz CT molecular complexity index is 921. The summed E-state index contributed by atoms with van der Waals surface area (Å²) in [5.74, 6) is -0.857. The Morgan fingerprint density at radius 3 is 2.48 bits per heavy atom. The van der Waals surface area contributed by atoms with Crippen LogP contribution >= 0.6 is 11.6 Å². The van der Waals surface area contributed by atoms with Crippen LogP contribution in [-0.2, 0) is 6.61 Å². The summed E-state index contributed by atoms with van der Waals surface area (Å²) in [4.78, 5) is 11.2. The predicted molar refractivity (Wildman–Crippen MR) is 96.3 cm³/mol. The highest BCUT2D eigenvalue weighted by molar-refractivity contribution is 6.31. The van der Waals surface area contributed by atoms with Crippen molar-refractivity contribution >= 4 is 17.6 Å². The topological polar surface area (TPSA) is 66.8 Å². The maximum absolute atomic E-state index is 11.2. The monoisotopic (exact) mass is 354 g/mol. The van der Waals surface area contributed by atoms with E-state index in [0.29, 0.717) is 22.9 Å². The van der Waals surface area contributed by atoms with Gasteiger partial charge in [0.2, 0.25) is 0 Å². The number of para-hydroxylation sites is 1. The van der Waals surface area contributed by atoms with Gasteiger partial charge in [-0.3, -0.25) is 0 Å². The molecule has 0 aliphatic heterocycles. The van der Waals surface area contributed by atoms with Gasteiger partial charge in [0.05, 0.1) is 0 Å². The van der Waals surface area contributed by atoms with Crippen molar-refractivity contribution in [2.24, 2.45) is 0 Å². The number of carbonyl (C=O) groups is 1. The number of aromatic carboxylic acids is 1. The van der Waals surface area contributed by atoms with Crippen LogP contribution in [0.1, 0.15) is 15.9 Å². The van der Waals surface area contributed by atoms with Crippen molar-refractivity contribution in [1.29, 1.82) is 0 Å². The number of hydrogen-bond acceptors (Lipinski definition) is 3. The second-order valence-corrected chi connectivity index (χ2v) is 5.82. The molecule has 0 aromatic heterocycles. The molecule has 2 N–H and O–H groups in total. The Kier molecular flexibility index (Phi) is 4.91. The zero-order valence-electron chi connectivity index (χ0n) is 13.1. The SMILES string of the molecule is O=C(O)c1cc(-c2ccccc2OCc2ccccc2Cl)ccc1O. The highest BCUT2D eigenvalue weighted by atomic mass is 35.5. The van der Waals surface area contributed by atoms with Crippen LogP contribution < -0.4 is 4.74 Å². The highest BCUT2D eigenvalue weighted by Crippen LogP contribution is 2.33. The molecule has 25 heavy (non-hydrogen) atoms. The maximum atomic E-state index is 11.2. The first kappa shape index (κ1) is 16.9. The van der Waals surface area contributed by atoms with Gasteiger partial charge >= 0.3 is 5.97 Å². The van der Waals surface area contributed by atoms with Gasteiger partial charge in [-0.15, -0.1) is 0 Å². The number of hydrogen-bond donors (Lipinski definition) is 2. The normalized spacial score (nSPS) is 10.4. The molecule has 0 aliphatic rings. The van der Waals surface area contributed by atoms with Crippen molar-refractivity contribution in [2.45, 2.75) is 6.61 Å². The van der Waals surface area contributed by atoms with E-state index in [9.17, 15) is 15.0 Å². The van der Waals surface area contributed by atoms with Gasteiger partial charge in [-0.1, -0.05) is 54.1 Å². The third-order valence-electron chi connectivity index (χ3n) is 3.77. The van der Waals surface area contributed by atoms with Crippen LogP contribution in [0.15, 0.2) is 66.7 Å². The molecule has 3 rings (SSSR count). The quantitative estimate of drug-likeness (QED) is 0.677. The van der Waals surface area contributed by atoms with Gasteiger partial charge in [-0.2, -0.15) is 0 Å². The van der Waals surface area contributed by atoms with E-state index < -0.39 is 5.97 Å². The van der Waals surface area contributed by atoms with Crippen molar-refractivity contribution in [2.75, 3.05) is 0 Å². The molecule has 0 heterocycles. The fraction of sp³-hybridized carbons (Fsp3) is 0.0500. The van der Waals surface area contributed by atoms with Crippen LogP contribution in [0, 0.1) is 0 Å². The molecule has 3 aromatic rings. The van der Waals surface area contributed by atoms with Gasteiger partial charge in [0.1, 0.15) is 23.7 Å². The number of phenols is 1. The van der Waals surface area contributed by atoms with Crippen LogP contribution in [0.25, 0.3) is 11.1 Å². The molecule has 0 aliphatic carbocycles. The first-order valence-electron chi connectivity index (χ1n) is 7.58. The third-order valence-corrected chi connectivity index (χ3v) is 4.13. The molecular formula is C20H15ClO4. The highest BCUT2D eigenvalue weighted by Gasteiger charge is 2.13. The number of carboxylic acids is 1. The number of ether oxygens (including phenoxy) is 1. The average Bonchev–Trinajstić information content (AvgIpc) is 2.61. The van der Waals surface area contributed by atoms with Crippen molar-refractivity contribution in [3.63, 3.8) is 0 Å². The van der Waals surface area contributed by atoms with E-state index in [0.717, 1.165) is 11.1 Å². The zero-order valence-corrected chi connectivity index (χ0v) is 13.9. The molecule has 3 aromatic carbocycles. The number of aromatic hydroxyl groups is 1. The second kappa shape index (κ2) is 7.28. The molecule has 0 unspecified atom stereocenters. The summed E-state index contributed by atoms with van der Waals surface area (Å²) in [5, 5.41) is 19.5. The third kappa shape index (κ3) is 3.75. The van der Waals surface area contributed by atoms with Crippen LogP contribution in [0.3, 0.4) is 0 Å². The summed E-state index contributed by atoms with van der Waals surface area (Å²) < 4.78 is 5.89. The molecule has 126 valence electrons. The summed E-state index contributed by atoms with van der Waals surface area (Å²) in [6.07, 6.45) is 0. The van der Waals surface area contributed by atoms with Gasteiger partial charge in [-0.25, -0.2) is 4.79 Å². The number of carboxylic acid groups (broad SMARTS) is 1. The van der Waals surface area contributed by atoms with E-state index in [1.165, 1.54) is 12.1 Å². The van der Waals surface area contributed by atoms with E-state index in [1.807, 2.05) is 36.4 Å². The van der Waals surface area contributed by atoms with E-state index in [4.69, 9.17) is 16.3 Å². The zero-order chi connectivity index (χ0) is 17.8. The van der Waals surface area contributed by atoms with Crippen molar-refractivity contribution in [3.8, 4) is 22.6 Å². The van der Waals surface area contributed by atoms with Crippen molar-refractivity contribution < 1.29 is 19.7 Å². The first-order chi connectivity index (χ1) is 12.1. The van der Waals surface area contributed by atoms with Crippen LogP contribution in [0.5, 0.6) is 11.5 Å². The van der Waals surface area contributed by atoms with Gasteiger partial charge in [-0.05, 0) is 29.8 Å². The minimum Gasteiger partial charge on any atom is -0.507 e.